The number of carbonyl (C=O) groups is 1. The second kappa shape index (κ2) is 12.9. The Morgan fingerprint density at radius 2 is 1.75 bits per heavy atom. The van der Waals surface area contributed by atoms with Crippen molar-refractivity contribution in [1.29, 1.82) is 0 Å². The molecule has 6 rings (SSSR count). The summed E-state index contributed by atoms with van der Waals surface area (Å²) in [4.78, 5) is 19.1. The van der Waals surface area contributed by atoms with Crippen LogP contribution in [0.4, 0.5) is 10.5 Å². The molecule has 2 atom stereocenters. The number of hydrogen-bond acceptors (Lipinski definition) is 8. The molecule has 12 nitrogen and oxygen atoms in total. The van der Waals surface area contributed by atoms with Crippen molar-refractivity contribution in [2.24, 2.45) is 5.73 Å². The van der Waals surface area contributed by atoms with Crippen LogP contribution in [0, 0.1) is 0 Å². The van der Waals surface area contributed by atoms with Gasteiger partial charge in [-0.05, 0) is 94.8 Å². The topological polar surface area (TPSA) is 143 Å². The lowest BCUT2D eigenvalue weighted by molar-refractivity contribution is -0.0387. The fourth-order valence-corrected chi connectivity index (χ4v) is 6.14. The number of hydrogen-bond donors (Lipinski definition) is 2. The third-order valence-electron chi connectivity index (χ3n) is 8.26. The number of carboxylic acid groups (broad SMARTS) is 1. The first-order valence-corrected chi connectivity index (χ1v) is 15.5. The maximum Gasteiger partial charge on any atom is 0.412 e. The Morgan fingerprint density at radius 3 is 2.39 bits per heavy atom. The molecule has 4 aromatic rings. The third kappa shape index (κ3) is 6.28. The predicted octanol–water partition coefficient (Wildman–Crippen LogP) is 5.54. The van der Waals surface area contributed by atoms with Crippen LogP contribution in [0.1, 0.15) is 70.7 Å². The lowest BCUT2D eigenvalue weighted by atomic mass is 9.96. The first-order valence-electron chi connectivity index (χ1n) is 15.5. The van der Waals surface area contributed by atoms with Gasteiger partial charge in [-0.2, -0.15) is 10.2 Å². The van der Waals surface area contributed by atoms with Crippen LogP contribution < -0.4 is 15.4 Å². The molecule has 0 saturated carbocycles. The summed E-state index contributed by atoms with van der Waals surface area (Å²) >= 11 is 0. The van der Waals surface area contributed by atoms with Crippen LogP contribution in [-0.4, -0.2) is 67.6 Å². The van der Waals surface area contributed by atoms with E-state index < -0.39 is 11.6 Å². The minimum Gasteiger partial charge on any atom is -0.492 e. The molecule has 2 unspecified atom stereocenters. The normalized spacial score (nSPS) is 19.2. The van der Waals surface area contributed by atoms with E-state index in [2.05, 4.69) is 5.10 Å². The molecule has 0 spiro atoms. The van der Waals surface area contributed by atoms with E-state index in [1.165, 1.54) is 4.90 Å². The Bertz CT molecular complexity index is 1570. The van der Waals surface area contributed by atoms with Gasteiger partial charge in [0.1, 0.15) is 12.4 Å². The summed E-state index contributed by atoms with van der Waals surface area (Å²) in [5.41, 5.74) is 7.04. The zero-order valence-corrected chi connectivity index (χ0v) is 25.4. The monoisotopic (exact) mass is 603 g/mol. The Hall–Kier alpha value is -4.00. The van der Waals surface area contributed by atoms with Crippen molar-refractivity contribution in [1.82, 2.24) is 24.5 Å². The van der Waals surface area contributed by atoms with E-state index in [1.807, 2.05) is 65.7 Å². The van der Waals surface area contributed by atoms with Crippen LogP contribution in [0.25, 0.3) is 22.3 Å². The number of anilines is 1. The van der Waals surface area contributed by atoms with Crippen molar-refractivity contribution >= 4 is 22.7 Å². The molecular weight excluding hydrogens is 562 g/mol. The smallest absolute Gasteiger partial charge is 0.412 e. The molecule has 2 aromatic heterocycles. The number of benzene rings is 2. The summed E-state index contributed by atoms with van der Waals surface area (Å²) in [7, 11) is 0. The molecule has 2 saturated heterocycles. The van der Waals surface area contributed by atoms with E-state index in [9.17, 15) is 9.90 Å². The van der Waals surface area contributed by atoms with Gasteiger partial charge in [0.2, 0.25) is 0 Å². The number of rotatable bonds is 10. The highest BCUT2D eigenvalue weighted by Gasteiger charge is 2.35. The van der Waals surface area contributed by atoms with Crippen LogP contribution in [0.15, 0.2) is 48.7 Å². The fraction of sp³-hybridized carbons (Fsp3) is 0.500. The maximum atomic E-state index is 12.8. The van der Waals surface area contributed by atoms with Crippen molar-refractivity contribution in [2.45, 2.75) is 76.8 Å². The molecule has 2 aliphatic rings. The summed E-state index contributed by atoms with van der Waals surface area (Å²) in [6, 6.07) is 13.3. The molecule has 12 heteroatoms. The van der Waals surface area contributed by atoms with Crippen molar-refractivity contribution in [2.75, 3.05) is 31.3 Å². The largest absolute Gasteiger partial charge is 0.492 e. The molecule has 2 aromatic carbocycles. The minimum absolute atomic E-state index is 0.0997. The van der Waals surface area contributed by atoms with Crippen LogP contribution in [0.2, 0.25) is 0 Å². The average Bonchev–Trinajstić information content (AvgIpc) is 3.65. The Kier molecular flexibility index (Phi) is 8.83. The molecule has 44 heavy (non-hydrogen) atoms. The maximum absolute atomic E-state index is 12.8. The molecule has 0 bridgehead atoms. The quantitative estimate of drug-likeness (QED) is 0.239. The van der Waals surface area contributed by atoms with Gasteiger partial charge in [0.05, 0.1) is 17.3 Å². The molecule has 0 aliphatic carbocycles. The van der Waals surface area contributed by atoms with E-state index in [4.69, 9.17) is 30.0 Å². The minimum atomic E-state index is -1.05. The van der Waals surface area contributed by atoms with Gasteiger partial charge in [-0.25, -0.2) is 19.1 Å². The number of amides is 1. The van der Waals surface area contributed by atoms with Gasteiger partial charge in [0, 0.05) is 42.8 Å². The second-order valence-corrected chi connectivity index (χ2v) is 12.0. The van der Waals surface area contributed by atoms with Crippen molar-refractivity contribution in [3.05, 3.63) is 54.5 Å². The first kappa shape index (κ1) is 30.0. The summed E-state index contributed by atoms with van der Waals surface area (Å²) in [6.07, 6.45) is 6.61. The lowest BCUT2D eigenvalue weighted by Crippen LogP contribution is -2.49. The molecule has 0 radical (unpaired) electrons. The van der Waals surface area contributed by atoms with Gasteiger partial charge < -0.3 is 25.1 Å². The number of nitrogens with zero attached hydrogens (tertiary/aromatic N) is 6. The standard InChI is InChI=1S/C32H41N7O5/c1-32(2,37(31(40)41)24-11-14-26-23(19-24)21-34-38(26)28-7-3-5-16-43-28)20-27-35-30(39(36-27)29-8-4-6-17-44-29)22-9-12-25(13-10-22)42-18-15-33/h9-14,19,21,28-29H,3-8,15-18,20,33H2,1-2H3,(H,40,41). The summed E-state index contributed by atoms with van der Waals surface area (Å²) < 4.78 is 21.4. The Morgan fingerprint density at radius 1 is 1.05 bits per heavy atom. The summed E-state index contributed by atoms with van der Waals surface area (Å²) in [5, 5.41) is 20.8. The van der Waals surface area contributed by atoms with E-state index >= 15 is 0 Å². The van der Waals surface area contributed by atoms with Gasteiger partial charge in [-0.3, -0.25) is 4.90 Å². The van der Waals surface area contributed by atoms with Gasteiger partial charge >= 0.3 is 6.09 Å². The molecular formula is C32H41N7O5. The van der Waals surface area contributed by atoms with Crippen LogP contribution in [-0.2, 0) is 15.9 Å². The summed E-state index contributed by atoms with van der Waals surface area (Å²) in [6.45, 7) is 6.05. The highest BCUT2D eigenvalue weighted by molar-refractivity contribution is 5.92. The van der Waals surface area contributed by atoms with Crippen LogP contribution in [0.5, 0.6) is 5.75 Å². The number of nitrogens with two attached hydrogens (primary N) is 1. The van der Waals surface area contributed by atoms with Crippen molar-refractivity contribution < 1.29 is 24.1 Å². The van der Waals surface area contributed by atoms with Crippen molar-refractivity contribution in [3.8, 4) is 17.1 Å². The van der Waals surface area contributed by atoms with E-state index in [-0.39, 0.29) is 18.9 Å². The van der Waals surface area contributed by atoms with Gasteiger partial charge in [0.25, 0.3) is 0 Å². The molecule has 1 amide bonds. The van der Waals surface area contributed by atoms with Crippen LogP contribution >= 0.6 is 0 Å². The van der Waals surface area contributed by atoms with Gasteiger partial charge in [0.15, 0.2) is 24.1 Å². The highest BCUT2D eigenvalue weighted by atomic mass is 16.5. The highest BCUT2D eigenvalue weighted by Crippen LogP contribution is 2.34. The third-order valence-corrected chi connectivity index (χ3v) is 8.26. The van der Waals surface area contributed by atoms with Crippen molar-refractivity contribution in [3.63, 3.8) is 0 Å². The van der Waals surface area contributed by atoms with E-state index in [1.54, 1.807) is 6.20 Å². The van der Waals surface area contributed by atoms with Gasteiger partial charge in [-0.15, -0.1) is 0 Å². The average molecular weight is 604 g/mol. The molecule has 3 N–H and O–H groups in total. The Labute approximate surface area is 256 Å². The Balaban J connectivity index is 1.29. The second-order valence-electron chi connectivity index (χ2n) is 12.0. The molecule has 234 valence electrons. The SMILES string of the molecule is CC(C)(Cc1nc(-c2ccc(OCCN)cc2)n(C2CCCCO2)n1)N(C(=O)O)c1ccc2c(cnn2C2CCCCO2)c1. The molecule has 4 heterocycles. The zero-order valence-electron chi connectivity index (χ0n) is 25.4. The number of aromatic nitrogens is 5. The van der Waals surface area contributed by atoms with E-state index in [0.29, 0.717) is 37.1 Å². The lowest BCUT2D eigenvalue weighted by Gasteiger charge is -2.36. The predicted molar refractivity (Wildman–Crippen MR) is 166 cm³/mol. The molecule has 2 fully saturated rings. The number of fused-ring (bicyclic) bond motifs is 1. The van der Waals surface area contributed by atoms with Gasteiger partial charge in [-0.1, -0.05) is 0 Å². The first-order chi connectivity index (χ1) is 21.3. The fourth-order valence-electron chi connectivity index (χ4n) is 6.14. The zero-order chi connectivity index (χ0) is 30.7. The number of ether oxygens (including phenoxy) is 3. The summed E-state index contributed by atoms with van der Waals surface area (Å²) in [5.74, 6) is 1.94. The van der Waals surface area contributed by atoms with E-state index in [0.717, 1.165) is 67.3 Å². The van der Waals surface area contributed by atoms with Crippen LogP contribution in [0.3, 0.4) is 0 Å². The molecule has 2 aliphatic heterocycles.